The van der Waals surface area contributed by atoms with Gasteiger partial charge in [0, 0.05) is 5.70 Å². The number of imide groups is 1. The maximum atomic E-state index is 12.1. The normalized spacial score (nSPS) is 21.1. The SMILES string of the molecule is CCC1=C(C(=O)OC)C2(CC2)C(=O)N1C(N)=O. The first-order valence-electron chi connectivity index (χ1n) is 5.45. The average molecular weight is 238 g/mol. The number of hydrogen-bond acceptors (Lipinski definition) is 4. The van der Waals surface area contributed by atoms with Crippen LogP contribution < -0.4 is 5.73 Å². The molecule has 0 saturated heterocycles. The Morgan fingerprint density at radius 2 is 2.06 bits per heavy atom. The maximum absolute atomic E-state index is 12.1. The zero-order valence-corrected chi connectivity index (χ0v) is 9.78. The Labute approximate surface area is 98.4 Å². The summed E-state index contributed by atoms with van der Waals surface area (Å²) in [5.41, 5.74) is 5.04. The highest BCUT2D eigenvalue weighted by molar-refractivity contribution is 6.12. The van der Waals surface area contributed by atoms with Gasteiger partial charge in [-0.3, -0.25) is 4.79 Å². The quantitative estimate of drug-likeness (QED) is 0.710. The highest BCUT2D eigenvalue weighted by Crippen LogP contribution is 2.59. The summed E-state index contributed by atoms with van der Waals surface area (Å²) in [5, 5.41) is 0. The number of ether oxygens (including phenoxy) is 1. The Bertz CT molecular complexity index is 448. The van der Waals surface area contributed by atoms with Gasteiger partial charge in [0.1, 0.15) is 0 Å². The Morgan fingerprint density at radius 3 is 2.41 bits per heavy atom. The Kier molecular flexibility index (Phi) is 2.45. The summed E-state index contributed by atoms with van der Waals surface area (Å²) in [6, 6.07) is -0.836. The Balaban J connectivity index is 2.55. The second-order valence-electron chi connectivity index (χ2n) is 4.23. The van der Waals surface area contributed by atoms with Crippen molar-refractivity contribution in [3.05, 3.63) is 11.3 Å². The minimum Gasteiger partial charge on any atom is -0.466 e. The van der Waals surface area contributed by atoms with Crippen molar-refractivity contribution < 1.29 is 19.1 Å². The van der Waals surface area contributed by atoms with Crippen molar-refractivity contribution in [2.75, 3.05) is 7.11 Å². The van der Waals surface area contributed by atoms with Crippen molar-refractivity contribution >= 4 is 17.9 Å². The molecule has 0 aromatic carbocycles. The standard InChI is InChI=1S/C11H14N2O4/c1-3-6-7(8(14)17-2)11(4-5-11)9(15)13(6)10(12)16/h3-5H2,1-2H3,(H2,12,16). The summed E-state index contributed by atoms with van der Waals surface area (Å²) >= 11 is 0. The van der Waals surface area contributed by atoms with Gasteiger partial charge in [0.2, 0.25) is 5.91 Å². The van der Waals surface area contributed by atoms with E-state index >= 15 is 0 Å². The highest BCUT2D eigenvalue weighted by atomic mass is 16.5. The summed E-state index contributed by atoms with van der Waals surface area (Å²) in [5.74, 6) is -0.932. The van der Waals surface area contributed by atoms with E-state index in [0.29, 0.717) is 30.5 Å². The van der Waals surface area contributed by atoms with Gasteiger partial charge < -0.3 is 10.5 Å². The van der Waals surface area contributed by atoms with E-state index in [1.807, 2.05) is 0 Å². The fraction of sp³-hybridized carbons (Fsp3) is 0.545. The molecule has 2 rings (SSSR count). The highest BCUT2D eigenvalue weighted by Gasteiger charge is 2.63. The van der Waals surface area contributed by atoms with E-state index in [-0.39, 0.29) is 5.91 Å². The monoisotopic (exact) mass is 238 g/mol. The lowest BCUT2D eigenvalue weighted by atomic mass is 9.96. The molecular weight excluding hydrogens is 224 g/mol. The number of nitrogens with zero attached hydrogens (tertiary/aromatic N) is 1. The number of esters is 1. The van der Waals surface area contributed by atoms with E-state index in [1.165, 1.54) is 7.11 Å². The average Bonchev–Trinajstić information content (AvgIpc) is 3.02. The van der Waals surface area contributed by atoms with Crippen LogP contribution in [0.5, 0.6) is 0 Å². The fourth-order valence-electron chi connectivity index (χ4n) is 2.40. The predicted molar refractivity (Wildman–Crippen MR) is 57.4 cm³/mol. The van der Waals surface area contributed by atoms with Crippen LogP contribution in [-0.2, 0) is 14.3 Å². The van der Waals surface area contributed by atoms with Crippen LogP contribution >= 0.6 is 0 Å². The number of methoxy groups -OCH3 is 1. The summed E-state index contributed by atoms with van der Waals surface area (Å²) in [7, 11) is 1.26. The molecule has 17 heavy (non-hydrogen) atoms. The van der Waals surface area contributed by atoms with E-state index < -0.39 is 17.4 Å². The number of hydrogen-bond donors (Lipinski definition) is 1. The molecular formula is C11H14N2O4. The van der Waals surface area contributed by atoms with Crippen molar-refractivity contribution in [2.24, 2.45) is 11.1 Å². The predicted octanol–water partition coefficient (Wildman–Crippen LogP) is 0.525. The van der Waals surface area contributed by atoms with Crippen molar-refractivity contribution in [1.29, 1.82) is 0 Å². The minimum absolute atomic E-state index is 0.311. The molecule has 1 fully saturated rings. The number of urea groups is 1. The van der Waals surface area contributed by atoms with E-state index in [2.05, 4.69) is 0 Å². The molecule has 1 saturated carbocycles. The lowest BCUT2D eigenvalue weighted by Gasteiger charge is -2.14. The number of carbonyl (C=O) groups is 3. The number of nitrogens with two attached hydrogens (primary N) is 1. The van der Waals surface area contributed by atoms with E-state index in [9.17, 15) is 14.4 Å². The van der Waals surface area contributed by atoms with Gasteiger partial charge in [0.05, 0.1) is 18.1 Å². The van der Waals surface area contributed by atoms with Gasteiger partial charge in [-0.05, 0) is 19.3 Å². The molecule has 2 N–H and O–H groups in total. The summed E-state index contributed by atoms with van der Waals surface area (Å²) in [6.07, 6.45) is 1.54. The third-order valence-electron chi connectivity index (χ3n) is 3.34. The number of rotatable bonds is 2. The van der Waals surface area contributed by atoms with Crippen LogP contribution in [0.1, 0.15) is 26.2 Å². The fourth-order valence-corrected chi connectivity index (χ4v) is 2.40. The molecule has 3 amide bonds. The lowest BCUT2D eigenvalue weighted by Crippen LogP contribution is -2.39. The third kappa shape index (κ3) is 1.36. The van der Waals surface area contributed by atoms with E-state index in [4.69, 9.17) is 10.5 Å². The second-order valence-corrected chi connectivity index (χ2v) is 4.23. The van der Waals surface area contributed by atoms with Crippen LogP contribution in [0.25, 0.3) is 0 Å². The van der Waals surface area contributed by atoms with Gasteiger partial charge in [-0.15, -0.1) is 0 Å². The third-order valence-corrected chi connectivity index (χ3v) is 3.34. The molecule has 0 radical (unpaired) electrons. The van der Waals surface area contributed by atoms with Crippen LogP contribution in [0.3, 0.4) is 0 Å². The number of allylic oxidation sites excluding steroid dienone is 1. The number of carbonyl (C=O) groups excluding carboxylic acids is 3. The zero-order chi connectivity index (χ0) is 12.8. The molecule has 1 heterocycles. The maximum Gasteiger partial charge on any atom is 0.336 e. The summed E-state index contributed by atoms with van der Waals surface area (Å²) in [6.45, 7) is 1.77. The largest absolute Gasteiger partial charge is 0.466 e. The van der Waals surface area contributed by atoms with Crippen LogP contribution in [0.4, 0.5) is 4.79 Å². The van der Waals surface area contributed by atoms with Crippen LogP contribution in [0, 0.1) is 5.41 Å². The molecule has 0 aromatic rings. The first-order chi connectivity index (χ1) is 7.99. The van der Waals surface area contributed by atoms with Crippen molar-refractivity contribution in [1.82, 2.24) is 4.90 Å². The van der Waals surface area contributed by atoms with Crippen LogP contribution in [-0.4, -0.2) is 29.9 Å². The van der Waals surface area contributed by atoms with Crippen LogP contribution in [0.2, 0.25) is 0 Å². The van der Waals surface area contributed by atoms with Gasteiger partial charge in [-0.1, -0.05) is 6.92 Å². The Morgan fingerprint density at radius 1 is 1.47 bits per heavy atom. The molecule has 92 valence electrons. The minimum atomic E-state index is -0.840. The molecule has 2 aliphatic rings. The van der Waals surface area contributed by atoms with Gasteiger partial charge in [-0.2, -0.15) is 0 Å². The van der Waals surface area contributed by atoms with Crippen molar-refractivity contribution in [2.45, 2.75) is 26.2 Å². The molecule has 1 spiro atoms. The van der Waals surface area contributed by atoms with Gasteiger partial charge in [-0.25, -0.2) is 14.5 Å². The number of primary amides is 1. The zero-order valence-electron chi connectivity index (χ0n) is 9.78. The summed E-state index contributed by atoms with van der Waals surface area (Å²) in [4.78, 5) is 36.1. The van der Waals surface area contributed by atoms with Gasteiger partial charge >= 0.3 is 12.0 Å². The smallest absolute Gasteiger partial charge is 0.336 e. The molecule has 1 aliphatic carbocycles. The van der Waals surface area contributed by atoms with Crippen LogP contribution in [0.15, 0.2) is 11.3 Å². The van der Waals surface area contributed by atoms with Crippen molar-refractivity contribution in [3.63, 3.8) is 0 Å². The first-order valence-corrected chi connectivity index (χ1v) is 5.45. The van der Waals surface area contributed by atoms with E-state index in [1.54, 1.807) is 6.92 Å². The molecule has 1 aliphatic heterocycles. The lowest BCUT2D eigenvalue weighted by molar-refractivity contribution is -0.138. The molecule has 6 nitrogen and oxygen atoms in total. The molecule has 0 unspecified atom stereocenters. The molecule has 6 heteroatoms. The topological polar surface area (TPSA) is 89.7 Å². The van der Waals surface area contributed by atoms with E-state index in [0.717, 1.165) is 4.90 Å². The molecule has 0 bridgehead atoms. The van der Waals surface area contributed by atoms with Gasteiger partial charge in [0.25, 0.3) is 0 Å². The molecule has 0 aromatic heterocycles. The van der Waals surface area contributed by atoms with Crippen molar-refractivity contribution in [3.8, 4) is 0 Å². The first kappa shape index (κ1) is 11.6. The summed E-state index contributed by atoms with van der Waals surface area (Å²) < 4.78 is 4.69. The second kappa shape index (κ2) is 3.58. The molecule has 0 atom stereocenters. The number of amides is 3. The Hall–Kier alpha value is -1.85. The van der Waals surface area contributed by atoms with Gasteiger partial charge in [0.15, 0.2) is 0 Å².